The van der Waals surface area contributed by atoms with Crippen molar-refractivity contribution in [3.63, 3.8) is 0 Å². The quantitative estimate of drug-likeness (QED) is 0.0207. The Bertz CT molecular complexity index is 4150. The highest BCUT2D eigenvalue weighted by molar-refractivity contribution is 7.35. The van der Waals surface area contributed by atoms with Gasteiger partial charge in [0.2, 0.25) is 0 Å². The number of unbranched alkanes of at least 4 members (excludes halogenated alkanes) is 26. The Morgan fingerprint density at radius 3 is 1.18 bits per heavy atom. The zero-order valence-corrected chi connectivity index (χ0v) is 68.4. The molecule has 10 rings (SSSR count). The van der Waals surface area contributed by atoms with Gasteiger partial charge in [-0.25, -0.2) is 14.0 Å². The topological polar surface area (TPSA) is 116 Å². The smallest absolute Gasteiger partial charge is 0.351 e. The maximum Gasteiger partial charge on any atom is 0.351 e. The van der Waals surface area contributed by atoms with Gasteiger partial charge in [0.1, 0.15) is 32.8 Å². The maximum atomic E-state index is 18.2. The van der Waals surface area contributed by atoms with Crippen LogP contribution < -0.4 is 18.9 Å². The summed E-state index contributed by atoms with van der Waals surface area (Å²) in [6.45, 7) is 20.4. The van der Waals surface area contributed by atoms with Crippen molar-refractivity contribution in [3.05, 3.63) is 55.7 Å². The number of ether oxygens (including phenoxy) is 7. The van der Waals surface area contributed by atoms with Gasteiger partial charge in [-0.05, 0) is 96.0 Å². The normalized spacial score (nSPS) is 11.9. The van der Waals surface area contributed by atoms with Crippen LogP contribution in [0, 0.1) is 19.7 Å². The lowest BCUT2D eigenvalue weighted by Crippen LogP contribution is -2.07. The molecule has 10 nitrogen and oxygen atoms in total. The van der Waals surface area contributed by atoms with Gasteiger partial charge in [0.25, 0.3) is 0 Å². The van der Waals surface area contributed by atoms with Gasteiger partial charge in [0, 0.05) is 63.1 Å². The highest BCUT2D eigenvalue weighted by Crippen LogP contribution is 2.60. The van der Waals surface area contributed by atoms with E-state index in [0.717, 1.165) is 209 Å². The van der Waals surface area contributed by atoms with Crippen molar-refractivity contribution in [2.45, 2.75) is 267 Å². The van der Waals surface area contributed by atoms with E-state index in [1.165, 1.54) is 124 Å². The average molecular weight is 1540 g/mol. The summed E-state index contributed by atoms with van der Waals surface area (Å²) in [5, 5.41) is 5.44. The second kappa shape index (κ2) is 41.3. The van der Waals surface area contributed by atoms with Crippen LogP contribution in [0.4, 0.5) is 4.39 Å². The Labute approximate surface area is 637 Å². The van der Waals surface area contributed by atoms with Crippen LogP contribution in [-0.4, -0.2) is 64.2 Å². The van der Waals surface area contributed by atoms with Gasteiger partial charge in [-0.1, -0.05) is 195 Å². The minimum absolute atomic E-state index is 0.000119. The summed E-state index contributed by atoms with van der Waals surface area (Å²) in [4.78, 5) is 48.6. The SMILES string of the molecule is CCCCCCCCOC(=O)c1sc2c(-c3cc4c(OCCCCCCCC)c5sc(C)cc5c(OCCCCCCCC)c4s3)sc(-c3cc4c(OCCCCCCCC)c5sc(-c6sc(C)c7cc(C(=O)OCCCCC(=O)OCC)sc67)cc5c(OCCCCCCCC)c4s3)c2c1F. The number of aryl methyl sites for hydroxylation is 2. The van der Waals surface area contributed by atoms with Gasteiger partial charge in [0.05, 0.1) is 89.1 Å². The largest absolute Gasteiger partial charge is 0.491 e. The summed E-state index contributed by atoms with van der Waals surface area (Å²) in [5.74, 6) is 1.59. The van der Waals surface area contributed by atoms with Crippen LogP contribution in [0.1, 0.15) is 283 Å². The van der Waals surface area contributed by atoms with Crippen molar-refractivity contribution in [2.24, 2.45) is 0 Å². The van der Waals surface area contributed by atoms with Crippen LogP contribution >= 0.6 is 90.7 Å². The predicted octanol–water partition coefficient (Wildman–Crippen LogP) is 29.2. The number of hydrogen-bond acceptors (Lipinski definition) is 18. The van der Waals surface area contributed by atoms with E-state index >= 15 is 4.39 Å². The summed E-state index contributed by atoms with van der Waals surface area (Å²) in [6.07, 6.45) is 35.0. The summed E-state index contributed by atoms with van der Waals surface area (Å²) in [7, 11) is 0. The van der Waals surface area contributed by atoms with Crippen molar-refractivity contribution in [3.8, 4) is 52.3 Å². The van der Waals surface area contributed by atoms with Gasteiger partial charge in [-0.3, -0.25) is 4.79 Å². The number of halogens is 1. The van der Waals surface area contributed by atoms with Crippen LogP contribution in [0.25, 0.3) is 89.8 Å². The van der Waals surface area contributed by atoms with Crippen LogP contribution in [0.2, 0.25) is 0 Å². The monoisotopic (exact) mass is 1540 g/mol. The molecule has 0 saturated heterocycles. The molecule has 0 aliphatic heterocycles. The van der Waals surface area contributed by atoms with Crippen LogP contribution in [0.15, 0.2) is 30.3 Å². The van der Waals surface area contributed by atoms with E-state index in [0.29, 0.717) is 62.6 Å². The maximum absolute atomic E-state index is 18.2. The molecule has 0 aliphatic carbocycles. The van der Waals surface area contributed by atoms with E-state index in [1.54, 1.807) is 74.9 Å². The Balaban J connectivity index is 1.11. The standard InChI is InChI=1S/C83H109FO10S8/c1-9-15-20-25-30-36-43-89-68-57-49-54(7)95-72(57)69(90-44-37-31-26-21-16-10-2)59-53-63(99-73(59)68)79-80-66(67(84)81(102-80)83(87)94-47-40-34-29-24-19-13-5)77(101-79)61-51-58-70(91-45-38-32-27-22-17-11-3)75-60(71(74(58)97-61)92-46-39-33-28-23-18-12-4)52-62(98-75)78-76-56(55(8)96-78)50-64(100-76)82(86)93-48-41-35-42-65(85)88-14-6/h49-53H,9-48H2,1-8H3. The van der Waals surface area contributed by atoms with Crippen LogP contribution in [0.3, 0.4) is 0 Å². The average Bonchev–Trinajstić information content (AvgIpc) is 1.56. The molecule has 102 heavy (non-hydrogen) atoms. The molecule has 19 heteroatoms. The molecule has 8 aromatic heterocycles. The first-order valence-corrected chi connectivity index (χ1v) is 45.3. The number of carbonyl (C=O) groups excluding carboxylic acids is 3. The number of hydrogen-bond donors (Lipinski definition) is 0. The van der Waals surface area contributed by atoms with Gasteiger partial charge >= 0.3 is 17.9 Å². The number of rotatable bonds is 50. The van der Waals surface area contributed by atoms with Crippen molar-refractivity contribution in [1.82, 2.24) is 0 Å². The third-order valence-corrected chi connectivity index (χ3v) is 28.8. The highest BCUT2D eigenvalue weighted by atomic mass is 32.1. The second-order valence-corrected chi connectivity index (χ2v) is 36.0. The lowest BCUT2D eigenvalue weighted by molar-refractivity contribution is -0.143. The first-order chi connectivity index (χ1) is 49.9. The molecule has 0 saturated carbocycles. The minimum atomic E-state index is -0.619. The van der Waals surface area contributed by atoms with Gasteiger partial charge in [-0.15, -0.1) is 90.7 Å². The van der Waals surface area contributed by atoms with E-state index < -0.39 is 11.8 Å². The van der Waals surface area contributed by atoms with E-state index in [9.17, 15) is 14.4 Å². The lowest BCUT2D eigenvalue weighted by atomic mass is 10.1. The second-order valence-electron chi connectivity index (χ2n) is 27.3. The fourth-order valence-electron chi connectivity index (χ4n) is 13.4. The van der Waals surface area contributed by atoms with Crippen molar-refractivity contribution in [1.29, 1.82) is 0 Å². The molecule has 0 radical (unpaired) electrons. The Morgan fingerprint density at radius 2 is 0.725 bits per heavy atom. The number of esters is 3. The zero-order chi connectivity index (χ0) is 71.7. The predicted molar refractivity (Wildman–Crippen MR) is 440 cm³/mol. The van der Waals surface area contributed by atoms with Crippen molar-refractivity contribution in [2.75, 3.05) is 46.2 Å². The molecule has 0 aliphatic rings. The first kappa shape index (κ1) is 79.7. The molecule has 2 aromatic carbocycles. The number of fused-ring (bicyclic) bond motifs is 6. The van der Waals surface area contributed by atoms with E-state index in [-0.39, 0.29) is 30.0 Å². The Morgan fingerprint density at radius 1 is 0.343 bits per heavy atom. The van der Waals surface area contributed by atoms with Crippen molar-refractivity contribution < 1.29 is 51.9 Å². The molecule has 0 spiro atoms. The van der Waals surface area contributed by atoms with Gasteiger partial charge in [-0.2, -0.15) is 0 Å². The lowest BCUT2D eigenvalue weighted by Gasteiger charge is -2.14. The van der Waals surface area contributed by atoms with Gasteiger partial charge in [0.15, 0.2) is 5.82 Å². The molecule has 0 bridgehead atoms. The van der Waals surface area contributed by atoms with Crippen molar-refractivity contribution >= 4 is 169 Å². The van der Waals surface area contributed by atoms with Crippen LogP contribution in [-0.2, 0) is 19.0 Å². The summed E-state index contributed by atoms with van der Waals surface area (Å²) in [5.41, 5.74) is 0. The van der Waals surface area contributed by atoms with E-state index in [4.69, 9.17) is 33.2 Å². The summed E-state index contributed by atoms with van der Waals surface area (Å²) >= 11 is 12.8. The zero-order valence-electron chi connectivity index (χ0n) is 61.9. The molecule has 0 atom stereocenters. The van der Waals surface area contributed by atoms with E-state index in [1.807, 2.05) is 6.07 Å². The molecule has 0 unspecified atom stereocenters. The molecular weight excluding hydrogens is 1430 g/mol. The molecule has 10 aromatic rings. The molecular formula is C83H109FO10S8. The first-order valence-electron chi connectivity index (χ1n) is 38.7. The Hall–Kier alpha value is -4.86. The van der Waals surface area contributed by atoms with Gasteiger partial charge < -0.3 is 33.2 Å². The molecule has 0 fully saturated rings. The fraction of sp³-hybridized carbons (Fsp3) is 0.578. The molecule has 556 valence electrons. The highest BCUT2D eigenvalue weighted by Gasteiger charge is 2.33. The summed E-state index contributed by atoms with van der Waals surface area (Å²) < 4.78 is 69.4. The number of carbonyl (C=O) groups is 3. The Kier molecular flexibility index (Phi) is 32.3. The number of thiophene rings is 8. The fourth-order valence-corrected chi connectivity index (χ4v) is 23.3. The molecule has 8 heterocycles. The third-order valence-electron chi connectivity index (χ3n) is 19.0. The van der Waals surface area contributed by atoms with Crippen LogP contribution in [0.5, 0.6) is 23.0 Å². The minimum Gasteiger partial charge on any atom is -0.491 e. The summed E-state index contributed by atoms with van der Waals surface area (Å²) in [6, 6.07) is 11.0. The molecule has 0 amide bonds. The number of benzene rings is 2. The molecule has 0 N–H and O–H groups in total. The van der Waals surface area contributed by atoms with E-state index in [2.05, 4.69) is 72.7 Å². The third kappa shape index (κ3) is 20.4.